The van der Waals surface area contributed by atoms with Gasteiger partial charge in [0.05, 0.1) is 6.61 Å². The molecule has 0 rings (SSSR count). The largest absolute Gasteiger partial charge is 0.469 e. The lowest BCUT2D eigenvalue weighted by Crippen LogP contribution is -2.29. The zero-order valence-corrected chi connectivity index (χ0v) is 31.3. The van der Waals surface area contributed by atoms with Crippen LogP contribution >= 0.6 is 7.82 Å². The molecule has 0 saturated heterocycles. The van der Waals surface area contributed by atoms with Crippen molar-refractivity contribution in [2.24, 2.45) is 0 Å². The minimum atomic E-state index is -4.75. The van der Waals surface area contributed by atoms with Crippen LogP contribution in [0, 0.1) is 0 Å². The van der Waals surface area contributed by atoms with Crippen LogP contribution in [0.2, 0.25) is 0 Å². The molecule has 0 bridgehead atoms. The Morgan fingerprint density at radius 2 is 0.894 bits per heavy atom. The third kappa shape index (κ3) is 37.5. The van der Waals surface area contributed by atoms with E-state index in [2.05, 4.69) is 30.5 Å². The fourth-order valence-electron chi connectivity index (χ4n) is 5.60. The Bertz CT molecular complexity index is 782. The lowest BCUT2D eigenvalue weighted by Gasteiger charge is -2.18. The van der Waals surface area contributed by atoms with Gasteiger partial charge in [0, 0.05) is 12.8 Å². The smallest absolute Gasteiger partial charge is 0.462 e. The zero-order chi connectivity index (χ0) is 34.7. The SMILES string of the molecule is CCCCCCCCC/C=C/CCCCCCCC(=O)OC(COC(=O)CCCCCCCCCCCCCCC)COP(=O)(O)O. The molecule has 0 amide bonds. The lowest BCUT2D eigenvalue weighted by atomic mass is 10.0. The topological polar surface area (TPSA) is 119 Å². The zero-order valence-electron chi connectivity index (χ0n) is 30.4. The highest BCUT2D eigenvalue weighted by atomic mass is 31.2. The summed E-state index contributed by atoms with van der Waals surface area (Å²) in [6, 6.07) is 0. The molecule has 0 aromatic heterocycles. The molecule has 9 heteroatoms. The summed E-state index contributed by atoms with van der Waals surface area (Å²) in [6.07, 6.45) is 36.4. The molecular weight excluding hydrogens is 615 g/mol. The normalized spacial score (nSPS) is 12.5. The van der Waals surface area contributed by atoms with Gasteiger partial charge in [-0.1, -0.05) is 161 Å². The summed E-state index contributed by atoms with van der Waals surface area (Å²) in [5, 5.41) is 0. The van der Waals surface area contributed by atoms with Crippen LogP contribution in [0.25, 0.3) is 0 Å². The Kier molecular flexibility index (Phi) is 33.8. The predicted molar refractivity (Wildman–Crippen MR) is 193 cm³/mol. The second kappa shape index (κ2) is 34.6. The maximum absolute atomic E-state index is 12.4. The van der Waals surface area contributed by atoms with E-state index in [-0.39, 0.29) is 19.4 Å². The highest BCUT2D eigenvalue weighted by molar-refractivity contribution is 7.46. The monoisotopic (exact) mass is 689 g/mol. The van der Waals surface area contributed by atoms with Crippen LogP contribution in [0.3, 0.4) is 0 Å². The van der Waals surface area contributed by atoms with Gasteiger partial charge in [-0.15, -0.1) is 0 Å². The van der Waals surface area contributed by atoms with Crippen LogP contribution < -0.4 is 0 Å². The molecule has 0 fully saturated rings. The summed E-state index contributed by atoms with van der Waals surface area (Å²) < 4.78 is 26.3. The summed E-state index contributed by atoms with van der Waals surface area (Å²) in [6.45, 7) is 3.68. The number of hydrogen-bond acceptors (Lipinski definition) is 6. The maximum atomic E-state index is 12.4. The molecule has 0 spiro atoms. The first kappa shape index (κ1) is 45.8. The van der Waals surface area contributed by atoms with Crippen molar-refractivity contribution in [3.05, 3.63) is 12.2 Å². The fourth-order valence-corrected chi connectivity index (χ4v) is 5.96. The second-order valence-corrected chi connectivity index (χ2v) is 14.5. The van der Waals surface area contributed by atoms with Gasteiger partial charge < -0.3 is 19.3 Å². The molecule has 0 heterocycles. The Labute approximate surface area is 288 Å². The van der Waals surface area contributed by atoms with Crippen LogP contribution in [-0.2, 0) is 28.2 Å². The van der Waals surface area contributed by atoms with Crippen LogP contribution in [-0.4, -0.2) is 41.0 Å². The summed E-state index contributed by atoms with van der Waals surface area (Å²) in [5.74, 6) is -0.886. The average molecular weight is 689 g/mol. The van der Waals surface area contributed by atoms with Gasteiger partial charge in [0.25, 0.3) is 0 Å². The number of rotatable bonds is 36. The van der Waals surface area contributed by atoms with Gasteiger partial charge in [0.15, 0.2) is 6.10 Å². The van der Waals surface area contributed by atoms with Crippen molar-refractivity contribution >= 4 is 19.8 Å². The summed E-state index contributed by atoms with van der Waals surface area (Å²) in [5.41, 5.74) is 0. The van der Waals surface area contributed by atoms with Gasteiger partial charge >= 0.3 is 19.8 Å². The third-order valence-corrected chi connectivity index (χ3v) is 9.02. The van der Waals surface area contributed by atoms with Crippen molar-refractivity contribution < 1.29 is 37.9 Å². The van der Waals surface area contributed by atoms with Crippen LogP contribution in [0.5, 0.6) is 0 Å². The molecule has 0 aromatic carbocycles. The van der Waals surface area contributed by atoms with E-state index >= 15 is 0 Å². The van der Waals surface area contributed by atoms with E-state index in [4.69, 9.17) is 19.3 Å². The molecule has 1 unspecified atom stereocenters. The number of esters is 2. The van der Waals surface area contributed by atoms with Gasteiger partial charge in [-0.05, 0) is 38.5 Å². The predicted octanol–water partition coefficient (Wildman–Crippen LogP) is 11.5. The highest BCUT2D eigenvalue weighted by Crippen LogP contribution is 2.36. The number of carbonyl (C=O) groups is 2. The molecule has 2 N–H and O–H groups in total. The van der Waals surface area contributed by atoms with Crippen LogP contribution in [0.15, 0.2) is 12.2 Å². The van der Waals surface area contributed by atoms with Gasteiger partial charge in [-0.2, -0.15) is 0 Å². The molecule has 1 atom stereocenters. The minimum absolute atomic E-state index is 0.206. The maximum Gasteiger partial charge on any atom is 0.469 e. The number of hydrogen-bond donors (Lipinski definition) is 2. The number of carbonyl (C=O) groups excluding carboxylic acids is 2. The third-order valence-electron chi connectivity index (χ3n) is 8.53. The van der Waals surface area contributed by atoms with Crippen molar-refractivity contribution in [1.82, 2.24) is 0 Å². The lowest BCUT2D eigenvalue weighted by molar-refractivity contribution is -0.161. The van der Waals surface area contributed by atoms with E-state index in [0.717, 1.165) is 51.4 Å². The van der Waals surface area contributed by atoms with E-state index < -0.39 is 32.5 Å². The van der Waals surface area contributed by atoms with Crippen molar-refractivity contribution in [3.63, 3.8) is 0 Å². The van der Waals surface area contributed by atoms with Crippen molar-refractivity contribution in [1.29, 1.82) is 0 Å². The van der Waals surface area contributed by atoms with Gasteiger partial charge in [0.2, 0.25) is 0 Å². The molecule has 278 valence electrons. The van der Waals surface area contributed by atoms with E-state index in [1.54, 1.807) is 0 Å². The molecule has 0 aromatic rings. The van der Waals surface area contributed by atoms with Gasteiger partial charge in [-0.3, -0.25) is 14.1 Å². The summed E-state index contributed by atoms with van der Waals surface area (Å²) in [4.78, 5) is 42.7. The first-order chi connectivity index (χ1) is 22.8. The summed E-state index contributed by atoms with van der Waals surface area (Å²) >= 11 is 0. The Balaban J connectivity index is 3.94. The first-order valence-electron chi connectivity index (χ1n) is 19.5. The van der Waals surface area contributed by atoms with E-state index in [1.807, 2.05) is 0 Å². The van der Waals surface area contributed by atoms with Crippen LogP contribution in [0.1, 0.15) is 200 Å². The quantitative estimate of drug-likeness (QED) is 0.0289. The number of phosphoric ester groups is 1. The number of ether oxygens (including phenoxy) is 2. The Morgan fingerprint density at radius 3 is 1.30 bits per heavy atom. The summed E-state index contributed by atoms with van der Waals surface area (Å²) in [7, 11) is -4.75. The Hall–Kier alpha value is -1.21. The molecule has 0 aliphatic carbocycles. The van der Waals surface area contributed by atoms with E-state index in [0.29, 0.717) is 6.42 Å². The first-order valence-corrected chi connectivity index (χ1v) is 21.0. The molecule has 47 heavy (non-hydrogen) atoms. The molecule has 8 nitrogen and oxygen atoms in total. The van der Waals surface area contributed by atoms with Crippen molar-refractivity contribution in [2.45, 2.75) is 206 Å². The second-order valence-electron chi connectivity index (χ2n) is 13.3. The van der Waals surface area contributed by atoms with E-state index in [9.17, 15) is 14.2 Å². The molecule has 0 saturated carbocycles. The number of phosphoric acid groups is 1. The number of unbranched alkanes of at least 4 members (excludes halogenated alkanes) is 24. The standard InChI is InChI=1S/C38H73O8P/c1-3-5-7-9-11-13-15-17-18-19-21-23-25-27-29-31-33-38(40)46-36(35-45-47(41,42)43)34-44-37(39)32-30-28-26-24-22-20-16-14-12-10-8-6-4-2/h18-19,36H,3-17,20-35H2,1-2H3,(H2,41,42,43)/b19-18+. The number of allylic oxidation sites excluding steroid dienone is 2. The van der Waals surface area contributed by atoms with Gasteiger partial charge in [0.1, 0.15) is 6.61 Å². The fraction of sp³-hybridized carbons (Fsp3) is 0.895. The average Bonchev–Trinajstić information content (AvgIpc) is 3.03. The molecule has 0 aliphatic rings. The minimum Gasteiger partial charge on any atom is -0.462 e. The van der Waals surface area contributed by atoms with Gasteiger partial charge in [-0.25, -0.2) is 4.57 Å². The van der Waals surface area contributed by atoms with Crippen molar-refractivity contribution in [3.8, 4) is 0 Å². The molecule has 0 radical (unpaired) electrons. The molecular formula is C38H73O8P. The van der Waals surface area contributed by atoms with E-state index in [1.165, 1.54) is 116 Å². The molecule has 0 aliphatic heterocycles. The Morgan fingerprint density at radius 1 is 0.532 bits per heavy atom. The highest BCUT2D eigenvalue weighted by Gasteiger charge is 2.22. The van der Waals surface area contributed by atoms with Crippen LogP contribution in [0.4, 0.5) is 0 Å². The van der Waals surface area contributed by atoms with Crippen molar-refractivity contribution in [2.75, 3.05) is 13.2 Å².